The van der Waals surface area contributed by atoms with E-state index in [1.165, 1.54) is 24.0 Å². The van der Waals surface area contributed by atoms with E-state index in [1.807, 2.05) is 0 Å². The van der Waals surface area contributed by atoms with Gasteiger partial charge in [0.15, 0.2) is 0 Å². The highest BCUT2D eigenvalue weighted by molar-refractivity contribution is 5.76. The highest BCUT2D eigenvalue weighted by Crippen LogP contribution is 2.55. The van der Waals surface area contributed by atoms with E-state index >= 15 is 0 Å². The predicted octanol–water partition coefficient (Wildman–Crippen LogP) is 9.11. The summed E-state index contributed by atoms with van der Waals surface area (Å²) in [6, 6.07) is 10.9. The molecule has 1 aromatic rings. The van der Waals surface area contributed by atoms with Crippen LogP contribution in [0.15, 0.2) is 95.2 Å². The molecule has 0 nitrogen and oxygen atoms in total. The Bertz CT molecular complexity index is 1080. The highest BCUT2D eigenvalue weighted by Gasteiger charge is 2.44. The molecule has 0 saturated heterocycles. The lowest BCUT2D eigenvalue weighted by atomic mass is 9.56. The summed E-state index contributed by atoms with van der Waals surface area (Å²) in [5, 5.41) is 0. The van der Waals surface area contributed by atoms with E-state index in [4.69, 9.17) is 0 Å². The Kier molecular flexibility index (Phi) is 5.98. The minimum atomic E-state index is 0.195. The average Bonchev–Trinajstić information content (AvgIpc) is 2.84. The van der Waals surface area contributed by atoms with Crippen LogP contribution in [-0.2, 0) is 0 Å². The van der Waals surface area contributed by atoms with Crippen molar-refractivity contribution in [2.24, 2.45) is 35.0 Å². The minimum Gasteiger partial charge on any atom is -0.0879 e. The van der Waals surface area contributed by atoms with Crippen molar-refractivity contribution in [2.45, 2.75) is 60.3 Å². The first kappa shape index (κ1) is 22.5. The molecule has 0 aliphatic heterocycles. The Hall–Kier alpha value is -2.34. The molecule has 0 amide bonds. The zero-order valence-electron chi connectivity index (χ0n) is 21.1. The molecular formula is C33H40. The molecule has 4 unspecified atom stereocenters. The van der Waals surface area contributed by atoms with Crippen LogP contribution in [0.5, 0.6) is 0 Å². The lowest BCUT2D eigenvalue weighted by Crippen LogP contribution is -2.39. The summed E-state index contributed by atoms with van der Waals surface area (Å²) in [6.45, 7) is 12.3. The molecule has 172 valence electrons. The van der Waals surface area contributed by atoms with Gasteiger partial charge in [0.1, 0.15) is 0 Å². The molecular weight excluding hydrogens is 396 g/mol. The van der Waals surface area contributed by atoms with Gasteiger partial charge in [-0.3, -0.25) is 0 Å². The number of allylic oxidation sites excluding steroid dienone is 12. The third-order valence-corrected chi connectivity index (χ3v) is 8.92. The number of rotatable bonds is 4. The van der Waals surface area contributed by atoms with Crippen molar-refractivity contribution in [1.82, 2.24) is 0 Å². The Morgan fingerprint density at radius 3 is 2.52 bits per heavy atom. The van der Waals surface area contributed by atoms with E-state index in [0.29, 0.717) is 29.6 Å². The van der Waals surface area contributed by atoms with Crippen molar-refractivity contribution in [3.63, 3.8) is 0 Å². The second kappa shape index (κ2) is 8.79. The van der Waals surface area contributed by atoms with Gasteiger partial charge in [-0.25, -0.2) is 0 Å². The second-order valence-corrected chi connectivity index (χ2v) is 11.5. The maximum absolute atomic E-state index is 2.61. The quantitative estimate of drug-likeness (QED) is 0.413. The zero-order chi connectivity index (χ0) is 23.2. The number of hydrogen-bond donors (Lipinski definition) is 0. The molecule has 0 heteroatoms. The molecule has 0 heterocycles. The van der Waals surface area contributed by atoms with Crippen molar-refractivity contribution in [3.8, 4) is 0 Å². The number of benzene rings is 1. The van der Waals surface area contributed by atoms with Gasteiger partial charge in [0.05, 0.1) is 0 Å². The van der Waals surface area contributed by atoms with Crippen LogP contribution in [0, 0.1) is 35.0 Å². The van der Waals surface area contributed by atoms with Crippen LogP contribution in [0.1, 0.15) is 65.9 Å². The molecule has 4 atom stereocenters. The maximum Gasteiger partial charge on any atom is 0.00839 e. The van der Waals surface area contributed by atoms with Crippen molar-refractivity contribution >= 4 is 5.57 Å². The summed E-state index contributed by atoms with van der Waals surface area (Å²) in [6.07, 6.45) is 22.3. The molecule has 0 radical (unpaired) electrons. The monoisotopic (exact) mass is 436 g/mol. The van der Waals surface area contributed by atoms with Crippen molar-refractivity contribution in [1.29, 1.82) is 0 Å². The highest BCUT2D eigenvalue weighted by atomic mass is 14.5. The molecule has 0 aromatic heterocycles. The Labute approximate surface area is 201 Å². The van der Waals surface area contributed by atoms with Crippen molar-refractivity contribution < 1.29 is 0 Å². The van der Waals surface area contributed by atoms with E-state index in [0.717, 1.165) is 12.8 Å². The van der Waals surface area contributed by atoms with Gasteiger partial charge < -0.3 is 0 Å². The molecule has 0 N–H and O–H groups in total. The fraction of sp³-hybridized carbons (Fsp3) is 0.455. The summed E-state index contributed by atoms with van der Waals surface area (Å²) in [5.41, 5.74) is 9.40. The molecule has 4 aliphatic carbocycles. The standard InChI is InChI=1S/C33H40/c1-22(2)29-21-25(24-12-7-6-8-13-24)18-19-30(29)33(4,5)31-17-11-16-28-27-15-10-9-14-26(27)20-23(3)32(28)31/h6-8,10-13,15-16,18,20-22,26-27,30-31H,9,14,17,19H2,1-5H3. The Balaban J connectivity index is 1.51. The Morgan fingerprint density at radius 2 is 1.76 bits per heavy atom. The minimum absolute atomic E-state index is 0.195. The van der Waals surface area contributed by atoms with Gasteiger partial charge in [-0.15, -0.1) is 0 Å². The first-order valence-corrected chi connectivity index (χ1v) is 13.1. The third-order valence-electron chi connectivity index (χ3n) is 8.92. The number of fused-ring (bicyclic) bond motifs is 2. The molecule has 4 aliphatic rings. The summed E-state index contributed by atoms with van der Waals surface area (Å²) in [5.74, 6) is 2.98. The van der Waals surface area contributed by atoms with Gasteiger partial charge >= 0.3 is 0 Å². The van der Waals surface area contributed by atoms with Gasteiger partial charge in [-0.1, -0.05) is 112 Å². The van der Waals surface area contributed by atoms with Crippen LogP contribution < -0.4 is 0 Å². The lowest BCUT2D eigenvalue weighted by molar-refractivity contribution is 0.155. The van der Waals surface area contributed by atoms with Gasteiger partial charge in [0, 0.05) is 5.92 Å². The van der Waals surface area contributed by atoms with Gasteiger partial charge in [0.25, 0.3) is 0 Å². The van der Waals surface area contributed by atoms with Crippen LogP contribution in [-0.4, -0.2) is 0 Å². The topological polar surface area (TPSA) is 0 Å². The summed E-state index contributed by atoms with van der Waals surface area (Å²) < 4.78 is 0. The van der Waals surface area contributed by atoms with E-state index in [2.05, 4.69) is 107 Å². The third kappa shape index (κ3) is 3.96. The SMILES string of the molecule is CC1=CC2CCC=CC2C2=C1C(C(C)(C)C1CC=C(c3ccccc3)C=C1C(C)C)CC=C2. The van der Waals surface area contributed by atoms with Crippen LogP contribution in [0.4, 0.5) is 0 Å². The maximum atomic E-state index is 2.61. The normalized spacial score (nSPS) is 29.3. The summed E-state index contributed by atoms with van der Waals surface area (Å²) in [7, 11) is 0. The average molecular weight is 437 g/mol. The fourth-order valence-corrected chi connectivity index (χ4v) is 7.09. The van der Waals surface area contributed by atoms with Gasteiger partial charge in [-0.2, -0.15) is 0 Å². The molecule has 0 spiro atoms. The van der Waals surface area contributed by atoms with Crippen molar-refractivity contribution in [2.75, 3.05) is 0 Å². The molecule has 0 fully saturated rings. The van der Waals surface area contributed by atoms with Gasteiger partial charge in [-0.05, 0) is 84.0 Å². The molecule has 1 aromatic carbocycles. The lowest BCUT2D eigenvalue weighted by Gasteiger charge is -2.48. The zero-order valence-corrected chi connectivity index (χ0v) is 21.1. The second-order valence-electron chi connectivity index (χ2n) is 11.5. The van der Waals surface area contributed by atoms with E-state index in [9.17, 15) is 0 Å². The molecule has 33 heavy (non-hydrogen) atoms. The smallest absolute Gasteiger partial charge is 0.00839 e. The van der Waals surface area contributed by atoms with Crippen LogP contribution >= 0.6 is 0 Å². The first-order valence-electron chi connectivity index (χ1n) is 13.1. The fourth-order valence-electron chi connectivity index (χ4n) is 7.09. The molecule has 0 bridgehead atoms. The largest absolute Gasteiger partial charge is 0.0879 e. The van der Waals surface area contributed by atoms with Gasteiger partial charge in [0.2, 0.25) is 0 Å². The number of hydrogen-bond acceptors (Lipinski definition) is 0. The van der Waals surface area contributed by atoms with E-state index < -0.39 is 0 Å². The summed E-state index contributed by atoms with van der Waals surface area (Å²) in [4.78, 5) is 0. The van der Waals surface area contributed by atoms with E-state index in [-0.39, 0.29) is 5.41 Å². The van der Waals surface area contributed by atoms with E-state index in [1.54, 1.807) is 22.3 Å². The van der Waals surface area contributed by atoms with Crippen molar-refractivity contribution in [3.05, 3.63) is 101 Å². The van der Waals surface area contributed by atoms with Crippen LogP contribution in [0.25, 0.3) is 5.57 Å². The predicted molar refractivity (Wildman–Crippen MR) is 143 cm³/mol. The van der Waals surface area contributed by atoms with Crippen LogP contribution in [0.3, 0.4) is 0 Å². The summed E-state index contributed by atoms with van der Waals surface area (Å²) >= 11 is 0. The molecule has 0 saturated carbocycles. The first-order chi connectivity index (χ1) is 15.9. The van der Waals surface area contributed by atoms with Crippen LogP contribution in [0.2, 0.25) is 0 Å². The molecule has 5 rings (SSSR count). The Morgan fingerprint density at radius 1 is 0.970 bits per heavy atom.